The SMILES string of the molecule is CC(C)COc1ccccc1CN1CCC2(CC1)CCN(S(=O)(=O)c1cccc3nsnc13)CC2. The molecule has 1 spiro atoms. The van der Waals surface area contributed by atoms with E-state index in [2.05, 4.69) is 45.7 Å². The molecule has 5 rings (SSSR count). The first kappa shape index (κ1) is 24.6. The molecule has 3 heterocycles. The van der Waals surface area contributed by atoms with Crippen molar-refractivity contribution in [3.63, 3.8) is 0 Å². The van der Waals surface area contributed by atoms with Gasteiger partial charge in [-0.05, 0) is 68.3 Å². The predicted molar refractivity (Wildman–Crippen MR) is 139 cm³/mol. The van der Waals surface area contributed by atoms with Gasteiger partial charge in [0.25, 0.3) is 0 Å². The molecule has 7 nitrogen and oxygen atoms in total. The van der Waals surface area contributed by atoms with Crippen LogP contribution in [0.1, 0.15) is 45.1 Å². The number of hydrogen-bond donors (Lipinski definition) is 0. The monoisotopic (exact) mass is 514 g/mol. The number of benzene rings is 2. The number of para-hydroxylation sites is 1. The van der Waals surface area contributed by atoms with E-state index in [4.69, 9.17) is 4.74 Å². The molecule has 188 valence electrons. The summed E-state index contributed by atoms with van der Waals surface area (Å²) in [5.74, 6) is 1.49. The second-order valence-corrected chi connectivity index (χ2v) is 12.8. The first-order chi connectivity index (χ1) is 16.9. The Bertz CT molecular complexity index is 1260. The van der Waals surface area contributed by atoms with E-state index in [1.807, 2.05) is 12.1 Å². The van der Waals surface area contributed by atoms with Crippen molar-refractivity contribution >= 4 is 32.8 Å². The van der Waals surface area contributed by atoms with Gasteiger partial charge in [-0.25, -0.2) is 8.42 Å². The molecule has 9 heteroatoms. The summed E-state index contributed by atoms with van der Waals surface area (Å²) >= 11 is 1.06. The largest absolute Gasteiger partial charge is 0.493 e. The van der Waals surface area contributed by atoms with Crippen LogP contribution in [-0.4, -0.2) is 59.2 Å². The molecule has 0 aliphatic carbocycles. The topological polar surface area (TPSA) is 75.6 Å². The molecule has 2 aliphatic rings. The molecule has 0 unspecified atom stereocenters. The third kappa shape index (κ3) is 5.23. The molecule has 0 saturated carbocycles. The van der Waals surface area contributed by atoms with Crippen LogP contribution in [0.25, 0.3) is 11.0 Å². The average molecular weight is 515 g/mol. The maximum absolute atomic E-state index is 13.4. The van der Waals surface area contributed by atoms with Crippen molar-refractivity contribution < 1.29 is 13.2 Å². The highest BCUT2D eigenvalue weighted by molar-refractivity contribution is 7.89. The molecule has 0 amide bonds. The van der Waals surface area contributed by atoms with Gasteiger partial charge in [-0.1, -0.05) is 38.1 Å². The number of rotatable bonds is 7. The quantitative estimate of drug-likeness (QED) is 0.451. The number of aromatic nitrogens is 2. The van der Waals surface area contributed by atoms with Crippen molar-refractivity contribution in [2.75, 3.05) is 32.8 Å². The van der Waals surface area contributed by atoms with E-state index in [1.54, 1.807) is 16.4 Å². The fraction of sp³-hybridized carbons (Fsp3) is 0.538. The van der Waals surface area contributed by atoms with Gasteiger partial charge in [0.05, 0.1) is 18.3 Å². The predicted octanol–water partition coefficient (Wildman–Crippen LogP) is 4.79. The van der Waals surface area contributed by atoms with E-state index in [1.165, 1.54) is 5.56 Å². The van der Waals surface area contributed by atoms with Gasteiger partial charge in [0.1, 0.15) is 21.7 Å². The minimum Gasteiger partial charge on any atom is -0.493 e. The molecule has 1 aromatic heterocycles. The highest BCUT2D eigenvalue weighted by atomic mass is 32.2. The normalized spacial score (nSPS) is 19.5. The minimum absolute atomic E-state index is 0.240. The Kier molecular flexibility index (Phi) is 7.12. The van der Waals surface area contributed by atoms with Crippen molar-refractivity contribution in [2.24, 2.45) is 11.3 Å². The molecule has 0 N–H and O–H groups in total. The summed E-state index contributed by atoms with van der Waals surface area (Å²) in [5.41, 5.74) is 2.62. The number of fused-ring (bicyclic) bond motifs is 1. The van der Waals surface area contributed by atoms with Crippen LogP contribution < -0.4 is 4.74 Å². The van der Waals surface area contributed by atoms with E-state index in [0.29, 0.717) is 30.0 Å². The maximum Gasteiger partial charge on any atom is 0.245 e. The first-order valence-electron chi connectivity index (χ1n) is 12.5. The highest BCUT2D eigenvalue weighted by Crippen LogP contribution is 2.43. The summed E-state index contributed by atoms with van der Waals surface area (Å²) in [6, 6.07) is 13.6. The second kappa shape index (κ2) is 10.1. The van der Waals surface area contributed by atoms with Crippen LogP contribution in [0.15, 0.2) is 47.4 Å². The van der Waals surface area contributed by atoms with Crippen LogP contribution in [0, 0.1) is 11.3 Å². The molecule has 35 heavy (non-hydrogen) atoms. The maximum atomic E-state index is 13.4. The van der Waals surface area contributed by atoms with Crippen molar-refractivity contribution in [1.29, 1.82) is 0 Å². The van der Waals surface area contributed by atoms with E-state index < -0.39 is 10.0 Å². The molecular weight excluding hydrogens is 480 g/mol. The summed E-state index contributed by atoms with van der Waals surface area (Å²) < 4.78 is 42.9. The van der Waals surface area contributed by atoms with Gasteiger partial charge >= 0.3 is 0 Å². The molecule has 2 saturated heterocycles. The molecular formula is C26H34N4O3S2. The van der Waals surface area contributed by atoms with Crippen LogP contribution in [0.4, 0.5) is 0 Å². The molecule has 2 aromatic carbocycles. The van der Waals surface area contributed by atoms with Crippen LogP contribution in [0.3, 0.4) is 0 Å². The third-order valence-electron chi connectivity index (χ3n) is 7.51. The Morgan fingerprint density at radius 3 is 2.43 bits per heavy atom. The minimum atomic E-state index is -3.57. The van der Waals surface area contributed by atoms with Gasteiger partial charge in [0.2, 0.25) is 10.0 Å². The molecule has 0 bridgehead atoms. The van der Waals surface area contributed by atoms with Crippen molar-refractivity contribution in [2.45, 2.75) is 51.0 Å². The molecule has 0 atom stereocenters. The summed E-state index contributed by atoms with van der Waals surface area (Å²) in [5, 5.41) is 0. The molecule has 2 fully saturated rings. The summed E-state index contributed by atoms with van der Waals surface area (Å²) in [6.07, 6.45) is 4.06. The number of piperidine rings is 2. The zero-order valence-electron chi connectivity index (χ0n) is 20.5. The van der Waals surface area contributed by atoms with Gasteiger partial charge in [-0.2, -0.15) is 13.1 Å². The Hall–Kier alpha value is -2.07. The third-order valence-corrected chi connectivity index (χ3v) is 9.98. The first-order valence-corrected chi connectivity index (χ1v) is 14.7. The van der Waals surface area contributed by atoms with E-state index >= 15 is 0 Å². The number of sulfonamides is 1. The van der Waals surface area contributed by atoms with Crippen molar-refractivity contribution in [3.8, 4) is 5.75 Å². The van der Waals surface area contributed by atoms with Gasteiger partial charge in [-0.15, -0.1) is 0 Å². The van der Waals surface area contributed by atoms with Gasteiger partial charge < -0.3 is 4.74 Å². The lowest BCUT2D eigenvalue weighted by Crippen LogP contribution is -2.48. The molecule has 3 aromatic rings. The average Bonchev–Trinajstić information content (AvgIpc) is 3.34. The van der Waals surface area contributed by atoms with Gasteiger partial charge in [0, 0.05) is 25.2 Å². The van der Waals surface area contributed by atoms with Gasteiger partial charge in [-0.3, -0.25) is 4.90 Å². The zero-order chi connectivity index (χ0) is 24.5. The summed E-state index contributed by atoms with van der Waals surface area (Å²) in [4.78, 5) is 2.80. The second-order valence-electron chi connectivity index (χ2n) is 10.4. The van der Waals surface area contributed by atoms with E-state index in [0.717, 1.165) is 69.4 Å². The Morgan fingerprint density at radius 2 is 1.69 bits per heavy atom. The lowest BCUT2D eigenvalue weighted by Gasteiger charge is -2.46. The van der Waals surface area contributed by atoms with Gasteiger partial charge in [0.15, 0.2) is 0 Å². The number of likely N-dealkylation sites (tertiary alicyclic amines) is 1. The highest BCUT2D eigenvalue weighted by Gasteiger charge is 2.41. The van der Waals surface area contributed by atoms with E-state index in [-0.39, 0.29) is 10.3 Å². The standard InChI is InChI=1S/C26H34N4O3S2/c1-20(2)19-33-23-8-4-3-6-21(23)18-29-14-10-26(11-15-29)12-16-30(17-13-26)35(31,32)24-9-5-7-22-25(24)28-34-27-22/h3-9,20H,10-19H2,1-2H3. The number of nitrogens with zero attached hydrogens (tertiary/aromatic N) is 4. The summed E-state index contributed by atoms with van der Waals surface area (Å²) in [7, 11) is -3.57. The van der Waals surface area contributed by atoms with Crippen molar-refractivity contribution in [3.05, 3.63) is 48.0 Å². The lowest BCUT2D eigenvalue weighted by molar-refractivity contribution is 0.0525. The van der Waals surface area contributed by atoms with E-state index in [9.17, 15) is 8.42 Å². The zero-order valence-corrected chi connectivity index (χ0v) is 22.2. The van der Waals surface area contributed by atoms with Crippen LogP contribution >= 0.6 is 11.7 Å². The Balaban J connectivity index is 1.19. The Morgan fingerprint density at radius 1 is 0.971 bits per heavy atom. The number of ether oxygens (including phenoxy) is 1. The fourth-order valence-corrected chi connectivity index (χ4v) is 7.48. The van der Waals surface area contributed by atoms with Crippen molar-refractivity contribution in [1.82, 2.24) is 18.0 Å². The number of hydrogen-bond acceptors (Lipinski definition) is 7. The lowest BCUT2D eigenvalue weighted by atomic mass is 9.71. The van der Waals surface area contributed by atoms with Crippen LogP contribution in [0.2, 0.25) is 0 Å². The smallest absolute Gasteiger partial charge is 0.245 e. The van der Waals surface area contributed by atoms with Crippen LogP contribution in [0.5, 0.6) is 5.75 Å². The molecule has 2 aliphatic heterocycles. The Labute approximate surface area is 212 Å². The summed E-state index contributed by atoms with van der Waals surface area (Å²) in [6.45, 7) is 9.18. The van der Waals surface area contributed by atoms with Crippen LogP contribution in [-0.2, 0) is 16.6 Å². The molecule has 0 radical (unpaired) electrons. The fourth-order valence-electron chi connectivity index (χ4n) is 5.29.